The van der Waals surface area contributed by atoms with E-state index in [0.717, 1.165) is 10.6 Å². The van der Waals surface area contributed by atoms with Crippen molar-refractivity contribution in [2.45, 2.75) is 12.8 Å². The van der Waals surface area contributed by atoms with Gasteiger partial charge in [0, 0.05) is 12.6 Å². The normalized spacial score (nSPS) is 11.1. The van der Waals surface area contributed by atoms with E-state index < -0.39 is 11.8 Å². The second kappa shape index (κ2) is 5.05. The number of pyridine rings is 1. The lowest BCUT2D eigenvalue weighted by Crippen LogP contribution is -2.01. The highest BCUT2D eigenvalue weighted by Crippen LogP contribution is 2.29. The molecule has 20 heavy (non-hydrogen) atoms. The van der Waals surface area contributed by atoms with E-state index in [2.05, 4.69) is 4.98 Å². The minimum Gasteiger partial charge on any atom is -0.481 e. The summed E-state index contributed by atoms with van der Waals surface area (Å²) in [6, 6.07) is 6.73. The van der Waals surface area contributed by atoms with Gasteiger partial charge >= 0.3 is 5.97 Å². The number of hydrogen-bond donors (Lipinski definition) is 1. The minimum absolute atomic E-state index is 0.0112. The summed E-state index contributed by atoms with van der Waals surface area (Å²) in [5.41, 5.74) is 1.62. The molecule has 0 amide bonds. The van der Waals surface area contributed by atoms with Crippen LogP contribution >= 0.6 is 11.3 Å². The number of aliphatic carboxylic acids is 1. The first-order valence-electron chi connectivity index (χ1n) is 6.08. The molecule has 0 aliphatic carbocycles. The lowest BCUT2D eigenvalue weighted by Gasteiger charge is -2.02. The molecule has 0 saturated heterocycles. The number of halogens is 1. The summed E-state index contributed by atoms with van der Waals surface area (Å²) < 4.78 is 15.5. The summed E-state index contributed by atoms with van der Waals surface area (Å²) in [6.45, 7) is 0. The zero-order valence-corrected chi connectivity index (χ0v) is 11.2. The SMILES string of the molecule is O=C(O)CCc1c(-c2cccs2)nc2c(F)cccn12. The van der Waals surface area contributed by atoms with Crippen LogP contribution in [0.2, 0.25) is 0 Å². The number of thiophene rings is 1. The quantitative estimate of drug-likeness (QED) is 0.802. The molecule has 4 nitrogen and oxygen atoms in total. The topological polar surface area (TPSA) is 54.6 Å². The maximum absolute atomic E-state index is 13.8. The number of aromatic nitrogens is 2. The smallest absolute Gasteiger partial charge is 0.303 e. The largest absolute Gasteiger partial charge is 0.481 e. The number of carboxylic acids is 1. The molecule has 0 bridgehead atoms. The number of aryl methyl sites for hydroxylation is 1. The van der Waals surface area contributed by atoms with Crippen LogP contribution in [-0.2, 0) is 11.2 Å². The molecule has 102 valence electrons. The maximum Gasteiger partial charge on any atom is 0.303 e. The Balaban J connectivity index is 2.19. The molecule has 0 aromatic carbocycles. The van der Waals surface area contributed by atoms with Crippen LogP contribution in [0.1, 0.15) is 12.1 Å². The molecule has 3 heterocycles. The Bertz CT molecular complexity index is 765. The number of rotatable bonds is 4. The van der Waals surface area contributed by atoms with Gasteiger partial charge in [-0.25, -0.2) is 9.37 Å². The average molecular weight is 290 g/mol. The van der Waals surface area contributed by atoms with E-state index >= 15 is 0 Å². The standard InChI is InChI=1S/C14H11FN2O2S/c15-9-3-1-7-17-10(5-6-12(18)19)13(16-14(9)17)11-4-2-8-20-11/h1-4,7-8H,5-6H2,(H,18,19). The van der Waals surface area contributed by atoms with Gasteiger partial charge < -0.3 is 9.51 Å². The molecule has 3 aromatic heterocycles. The molecule has 0 saturated carbocycles. The van der Waals surface area contributed by atoms with E-state index in [9.17, 15) is 9.18 Å². The Morgan fingerprint density at radius 2 is 2.25 bits per heavy atom. The van der Waals surface area contributed by atoms with Crippen molar-refractivity contribution in [1.82, 2.24) is 9.38 Å². The van der Waals surface area contributed by atoms with Gasteiger partial charge in [-0.05, 0) is 23.6 Å². The lowest BCUT2D eigenvalue weighted by molar-refractivity contribution is -0.136. The van der Waals surface area contributed by atoms with Gasteiger partial charge in [0.1, 0.15) is 5.69 Å². The highest BCUT2D eigenvalue weighted by Gasteiger charge is 2.17. The lowest BCUT2D eigenvalue weighted by atomic mass is 10.2. The van der Waals surface area contributed by atoms with Crippen molar-refractivity contribution in [3.8, 4) is 10.6 Å². The zero-order valence-electron chi connectivity index (χ0n) is 10.4. The van der Waals surface area contributed by atoms with Crippen LogP contribution in [0, 0.1) is 5.82 Å². The van der Waals surface area contributed by atoms with Crippen molar-refractivity contribution in [2.75, 3.05) is 0 Å². The number of nitrogens with zero attached hydrogens (tertiary/aromatic N) is 2. The molecule has 1 N–H and O–H groups in total. The fourth-order valence-electron chi connectivity index (χ4n) is 2.16. The molecule has 0 aliphatic rings. The van der Waals surface area contributed by atoms with Crippen LogP contribution in [0.5, 0.6) is 0 Å². The summed E-state index contributed by atoms with van der Waals surface area (Å²) in [5, 5.41) is 10.8. The second-order valence-electron chi connectivity index (χ2n) is 4.33. The van der Waals surface area contributed by atoms with Crippen LogP contribution in [-0.4, -0.2) is 20.5 Å². The molecule has 0 atom stereocenters. The molecule has 0 fully saturated rings. The summed E-state index contributed by atoms with van der Waals surface area (Å²) in [6.07, 6.45) is 2.01. The highest BCUT2D eigenvalue weighted by atomic mass is 32.1. The third-order valence-corrected chi connectivity index (χ3v) is 3.91. The van der Waals surface area contributed by atoms with E-state index in [4.69, 9.17) is 5.11 Å². The number of carbonyl (C=O) groups is 1. The fraction of sp³-hybridized carbons (Fsp3) is 0.143. The fourth-order valence-corrected chi connectivity index (χ4v) is 2.89. The van der Waals surface area contributed by atoms with Crippen molar-refractivity contribution < 1.29 is 14.3 Å². The van der Waals surface area contributed by atoms with Gasteiger partial charge in [0.15, 0.2) is 11.5 Å². The van der Waals surface area contributed by atoms with Gasteiger partial charge in [-0.15, -0.1) is 11.3 Å². The molecule has 0 unspecified atom stereocenters. The van der Waals surface area contributed by atoms with Crippen LogP contribution < -0.4 is 0 Å². The van der Waals surface area contributed by atoms with Crippen molar-refractivity contribution in [3.63, 3.8) is 0 Å². The molecule has 0 radical (unpaired) electrons. The van der Waals surface area contributed by atoms with Crippen LogP contribution in [0.4, 0.5) is 4.39 Å². The first kappa shape index (κ1) is 12.8. The van der Waals surface area contributed by atoms with E-state index in [1.807, 2.05) is 17.5 Å². The first-order valence-corrected chi connectivity index (χ1v) is 6.96. The van der Waals surface area contributed by atoms with Crippen molar-refractivity contribution in [1.29, 1.82) is 0 Å². The predicted molar refractivity (Wildman–Crippen MR) is 74.4 cm³/mol. The second-order valence-corrected chi connectivity index (χ2v) is 5.28. The number of imidazole rings is 1. The molecule has 6 heteroatoms. The van der Waals surface area contributed by atoms with Gasteiger partial charge in [-0.2, -0.15) is 0 Å². The first-order chi connectivity index (χ1) is 9.66. The molecular formula is C14H11FN2O2S. The van der Waals surface area contributed by atoms with Crippen molar-refractivity contribution >= 4 is 23.0 Å². The summed E-state index contributed by atoms with van der Waals surface area (Å²) in [7, 11) is 0. The Morgan fingerprint density at radius 3 is 2.95 bits per heavy atom. The predicted octanol–water partition coefficient (Wildman–Crippen LogP) is 3.22. The van der Waals surface area contributed by atoms with Gasteiger partial charge in [0.2, 0.25) is 0 Å². The Kier molecular flexibility index (Phi) is 3.23. The Morgan fingerprint density at radius 1 is 1.40 bits per heavy atom. The van der Waals surface area contributed by atoms with Crippen LogP contribution in [0.3, 0.4) is 0 Å². The molecular weight excluding hydrogens is 279 g/mol. The number of hydrogen-bond acceptors (Lipinski definition) is 3. The average Bonchev–Trinajstić information content (AvgIpc) is 3.04. The highest BCUT2D eigenvalue weighted by molar-refractivity contribution is 7.13. The minimum atomic E-state index is -0.881. The third kappa shape index (κ3) is 2.18. The van der Waals surface area contributed by atoms with Crippen molar-refractivity contribution in [3.05, 3.63) is 47.4 Å². The molecule has 3 rings (SSSR count). The number of fused-ring (bicyclic) bond motifs is 1. The van der Waals surface area contributed by atoms with Crippen LogP contribution in [0.15, 0.2) is 35.8 Å². The Labute approximate surface area is 118 Å². The molecule has 0 spiro atoms. The maximum atomic E-state index is 13.8. The molecule has 0 aliphatic heterocycles. The molecule has 3 aromatic rings. The van der Waals surface area contributed by atoms with E-state index in [-0.39, 0.29) is 12.1 Å². The Hall–Kier alpha value is -2.21. The van der Waals surface area contributed by atoms with Crippen LogP contribution in [0.25, 0.3) is 16.2 Å². The monoisotopic (exact) mass is 290 g/mol. The van der Waals surface area contributed by atoms with Gasteiger partial charge in [0.25, 0.3) is 0 Å². The van der Waals surface area contributed by atoms with E-state index in [0.29, 0.717) is 12.1 Å². The number of carboxylic acid groups (broad SMARTS) is 1. The summed E-state index contributed by atoms with van der Waals surface area (Å²) in [4.78, 5) is 16.0. The third-order valence-electron chi connectivity index (χ3n) is 3.03. The van der Waals surface area contributed by atoms with Gasteiger partial charge in [0.05, 0.1) is 17.0 Å². The van der Waals surface area contributed by atoms with Gasteiger partial charge in [-0.1, -0.05) is 6.07 Å². The van der Waals surface area contributed by atoms with E-state index in [1.165, 1.54) is 17.4 Å². The summed E-state index contributed by atoms with van der Waals surface area (Å²) >= 11 is 1.50. The zero-order chi connectivity index (χ0) is 14.1. The van der Waals surface area contributed by atoms with Gasteiger partial charge in [-0.3, -0.25) is 4.79 Å². The summed E-state index contributed by atoms with van der Waals surface area (Å²) in [5.74, 6) is -1.29. The van der Waals surface area contributed by atoms with E-state index in [1.54, 1.807) is 16.7 Å². The van der Waals surface area contributed by atoms with Crippen molar-refractivity contribution in [2.24, 2.45) is 0 Å².